The summed E-state index contributed by atoms with van der Waals surface area (Å²) in [6.07, 6.45) is 0.239. The molecule has 0 radical (unpaired) electrons. The van der Waals surface area contributed by atoms with E-state index in [0.29, 0.717) is 13.2 Å². The van der Waals surface area contributed by atoms with Crippen LogP contribution >= 0.6 is 0 Å². The second-order valence-electron chi connectivity index (χ2n) is 2.59. The second kappa shape index (κ2) is 8.93. The lowest BCUT2D eigenvalue weighted by Gasteiger charge is -2.10. The van der Waals surface area contributed by atoms with Crippen molar-refractivity contribution in [3.63, 3.8) is 0 Å². The zero-order valence-electron chi connectivity index (χ0n) is 7.88. The quantitative estimate of drug-likeness (QED) is 0.496. The van der Waals surface area contributed by atoms with Gasteiger partial charge in [0.25, 0.3) is 0 Å². The van der Waals surface area contributed by atoms with E-state index in [2.05, 4.69) is 5.32 Å². The van der Waals surface area contributed by atoms with Gasteiger partial charge in [0.05, 0.1) is 25.9 Å². The van der Waals surface area contributed by atoms with Gasteiger partial charge in [-0.1, -0.05) is 0 Å². The molecule has 0 aliphatic rings. The second-order valence-corrected chi connectivity index (χ2v) is 2.59. The van der Waals surface area contributed by atoms with Crippen LogP contribution in [0.4, 0.5) is 0 Å². The fourth-order valence-corrected chi connectivity index (χ4v) is 0.700. The first-order valence-corrected chi connectivity index (χ1v) is 4.23. The van der Waals surface area contributed by atoms with E-state index < -0.39 is 0 Å². The van der Waals surface area contributed by atoms with Crippen LogP contribution in [0.25, 0.3) is 0 Å². The molecule has 0 rings (SSSR count). The van der Waals surface area contributed by atoms with Crippen molar-refractivity contribution in [1.29, 1.82) is 0 Å². The average molecular weight is 177 g/mol. The van der Waals surface area contributed by atoms with E-state index in [1.165, 1.54) is 0 Å². The molecular formula is C8H19NO3. The molecule has 0 saturated carbocycles. The standard InChI is InChI=1S/C8H19NO3/c1-8(11-2)7-9-3-5-12-6-4-10/h8-10H,3-7H2,1-2H3. The van der Waals surface area contributed by atoms with Crippen molar-refractivity contribution < 1.29 is 14.6 Å². The minimum Gasteiger partial charge on any atom is -0.394 e. The van der Waals surface area contributed by atoms with Gasteiger partial charge in [0.15, 0.2) is 0 Å². The number of nitrogens with one attached hydrogen (secondary N) is 1. The van der Waals surface area contributed by atoms with Gasteiger partial charge in [-0.2, -0.15) is 0 Å². The molecule has 0 spiro atoms. The van der Waals surface area contributed by atoms with Crippen molar-refractivity contribution in [3.05, 3.63) is 0 Å². The van der Waals surface area contributed by atoms with Crippen LogP contribution in [0, 0.1) is 0 Å². The van der Waals surface area contributed by atoms with Crippen molar-refractivity contribution in [3.8, 4) is 0 Å². The van der Waals surface area contributed by atoms with Crippen LogP contribution in [0.5, 0.6) is 0 Å². The summed E-state index contributed by atoms with van der Waals surface area (Å²) in [4.78, 5) is 0. The maximum Gasteiger partial charge on any atom is 0.0698 e. The smallest absolute Gasteiger partial charge is 0.0698 e. The molecule has 12 heavy (non-hydrogen) atoms. The fraction of sp³-hybridized carbons (Fsp3) is 1.00. The number of aliphatic hydroxyl groups is 1. The molecule has 2 N–H and O–H groups in total. The average Bonchev–Trinajstić information content (AvgIpc) is 2.10. The largest absolute Gasteiger partial charge is 0.394 e. The van der Waals surface area contributed by atoms with E-state index in [0.717, 1.165) is 13.1 Å². The van der Waals surface area contributed by atoms with E-state index in [9.17, 15) is 0 Å². The summed E-state index contributed by atoms with van der Waals surface area (Å²) in [5.41, 5.74) is 0. The molecule has 0 amide bonds. The maximum absolute atomic E-state index is 8.38. The Balaban J connectivity index is 2.90. The van der Waals surface area contributed by atoms with E-state index in [4.69, 9.17) is 14.6 Å². The van der Waals surface area contributed by atoms with Crippen LogP contribution in [0.1, 0.15) is 6.92 Å². The molecule has 1 unspecified atom stereocenters. The molecule has 0 aliphatic carbocycles. The Morgan fingerprint density at radius 1 is 1.42 bits per heavy atom. The zero-order chi connectivity index (χ0) is 9.23. The van der Waals surface area contributed by atoms with Crippen molar-refractivity contribution in [2.24, 2.45) is 0 Å². The number of hydrogen-bond acceptors (Lipinski definition) is 4. The highest BCUT2D eigenvalue weighted by Crippen LogP contribution is 1.82. The van der Waals surface area contributed by atoms with Gasteiger partial charge in [-0.05, 0) is 6.92 Å². The number of methoxy groups -OCH3 is 1. The number of rotatable bonds is 8. The summed E-state index contributed by atoms with van der Waals surface area (Å²) in [6.45, 7) is 4.78. The summed E-state index contributed by atoms with van der Waals surface area (Å²) in [5.74, 6) is 0. The molecule has 74 valence electrons. The van der Waals surface area contributed by atoms with Gasteiger partial charge < -0.3 is 19.9 Å². The summed E-state index contributed by atoms with van der Waals surface area (Å²) in [6, 6.07) is 0. The summed E-state index contributed by atoms with van der Waals surface area (Å²) < 4.78 is 10.1. The van der Waals surface area contributed by atoms with Crippen LogP contribution in [0.2, 0.25) is 0 Å². The first kappa shape index (κ1) is 11.8. The molecule has 0 aromatic heterocycles. The third kappa shape index (κ3) is 7.94. The Kier molecular flexibility index (Phi) is 8.81. The lowest BCUT2D eigenvalue weighted by Crippen LogP contribution is -2.29. The van der Waals surface area contributed by atoms with E-state index >= 15 is 0 Å². The van der Waals surface area contributed by atoms with Crippen molar-refractivity contribution in [1.82, 2.24) is 5.32 Å². The summed E-state index contributed by atoms with van der Waals surface area (Å²) in [5, 5.41) is 11.5. The van der Waals surface area contributed by atoms with Crippen molar-refractivity contribution in [2.75, 3.05) is 40.0 Å². The van der Waals surface area contributed by atoms with Crippen molar-refractivity contribution in [2.45, 2.75) is 13.0 Å². The predicted octanol–water partition coefficient (Wildman–Crippen LogP) is -0.380. The Morgan fingerprint density at radius 3 is 2.75 bits per heavy atom. The topological polar surface area (TPSA) is 50.7 Å². The fourth-order valence-electron chi connectivity index (χ4n) is 0.700. The number of hydrogen-bond donors (Lipinski definition) is 2. The molecule has 0 bridgehead atoms. The highest BCUT2D eigenvalue weighted by Gasteiger charge is 1.96. The van der Waals surface area contributed by atoms with Crippen molar-refractivity contribution >= 4 is 0 Å². The molecule has 0 heterocycles. The third-order valence-corrected chi connectivity index (χ3v) is 1.49. The van der Waals surface area contributed by atoms with E-state index in [1.54, 1.807) is 7.11 Å². The van der Waals surface area contributed by atoms with Gasteiger partial charge in [0.1, 0.15) is 0 Å². The lowest BCUT2D eigenvalue weighted by atomic mass is 10.4. The van der Waals surface area contributed by atoms with Crippen LogP contribution in [-0.2, 0) is 9.47 Å². The molecular weight excluding hydrogens is 158 g/mol. The molecule has 1 atom stereocenters. The highest BCUT2D eigenvalue weighted by molar-refractivity contribution is 4.53. The molecule has 4 nitrogen and oxygen atoms in total. The molecule has 0 aromatic rings. The highest BCUT2D eigenvalue weighted by atomic mass is 16.5. The summed E-state index contributed by atoms with van der Waals surface area (Å²) in [7, 11) is 1.69. The Morgan fingerprint density at radius 2 is 2.17 bits per heavy atom. The Hall–Kier alpha value is -0.160. The monoisotopic (exact) mass is 177 g/mol. The molecule has 0 saturated heterocycles. The number of ether oxygens (including phenoxy) is 2. The molecule has 0 aromatic carbocycles. The SMILES string of the molecule is COC(C)CNCCOCCO. The van der Waals surface area contributed by atoms with Gasteiger partial charge in [0, 0.05) is 20.2 Å². The Bertz CT molecular complexity index is 90.4. The van der Waals surface area contributed by atoms with Crippen LogP contribution in [-0.4, -0.2) is 51.2 Å². The van der Waals surface area contributed by atoms with Gasteiger partial charge in [-0.3, -0.25) is 0 Å². The number of aliphatic hydroxyl groups excluding tert-OH is 1. The van der Waals surface area contributed by atoms with Crippen LogP contribution in [0.3, 0.4) is 0 Å². The maximum atomic E-state index is 8.38. The zero-order valence-corrected chi connectivity index (χ0v) is 7.88. The van der Waals surface area contributed by atoms with Gasteiger partial charge in [-0.15, -0.1) is 0 Å². The molecule has 4 heteroatoms. The minimum absolute atomic E-state index is 0.0917. The molecule has 0 aliphatic heterocycles. The van der Waals surface area contributed by atoms with E-state index in [-0.39, 0.29) is 12.7 Å². The van der Waals surface area contributed by atoms with Gasteiger partial charge in [0.2, 0.25) is 0 Å². The minimum atomic E-state index is 0.0917. The first-order valence-electron chi connectivity index (χ1n) is 4.23. The predicted molar refractivity (Wildman–Crippen MR) is 47.2 cm³/mol. The normalized spacial score (nSPS) is 13.2. The van der Waals surface area contributed by atoms with E-state index in [1.807, 2.05) is 6.92 Å². The van der Waals surface area contributed by atoms with Gasteiger partial charge >= 0.3 is 0 Å². The first-order chi connectivity index (χ1) is 5.81. The van der Waals surface area contributed by atoms with Gasteiger partial charge in [-0.25, -0.2) is 0 Å². The van der Waals surface area contributed by atoms with Crippen LogP contribution in [0.15, 0.2) is 0 Å². The lowest BCUT2D eigenvalue weighted by molar-refractivity contribution is 0.0869. The Labute approximate surface area is 73.9 Å². The van der Waals surface area contributed by atoms with Crippen LogP contribution < -0.4 is 5.32 Å². The molecule has 0 fully saturated rings. The third-order valence-electron chi connectivity index (χ3n) is 1.49. The summed E-state index contributed by atoms with van der Waals surface area (Å²) >= 11 is 0.